The molecule has 2 nitrogen and oxygen atoms in total. The molecule has 2 rings (SSSR count). The van der Waals surface area contributed by atoms with E-state index < -0.39 is 0 Å². The molecule has 0 aliphatic carbocycles. The lowest BCUT2D eigenvalue weighted by Crippen LogP contribution is -2.36. The zero-order valence-corrected chi connectivity index (χ0v) is 11.8. The summed E-state index contributed by atoms with van der Waals surface area (Å²) in [5, 5.41) is 0. The topological polar surface area (TPSA) is 35.2 Å². The van der Waals surface area contributed by atoms with Crippen LogP contribution in [0.3, 0.4) is 0 Å². The van der Waals surface area contributed by atoms with Gasteiger partial charge in [0.05, 0.1) is 6.10 Å². The first-order valence-electron chi connectivity index (χ1n) is 7.05. The normalized spacial score (nSPS) is 25.3. The molecule has 1 fully saturated rings. The van der Waals surface area contributed by atoms with Crippen LogP contribution in [0.2, 0.25) is 0 Å². The van der Waals surface area contributed by atoms with E-state index in [1.165, 1.54) is 16.7 Å². The molecule has 0 radical (unpaired) electrons. The van der Waals surface area contributed by atoms with Gasteiger partial charge in [0.15, 0.2) is 0 Å². The first kappa shape index (κ1) is 13.6. The maximum Gasteiger partial charge on any atom is 0.0616 e. The first-order valence-corrected chi connectivity index (χ1v) is 7.05. The van der Waals surface area contributed by atoms with Crippen molar-refractivity contribution in [1.82, 2.24) is 0 Å². The summed E-state index contributed by atoms with van der Waals surface area (Å²) in [5.74, 6) is 0.525. The highest BCUT2D eigenvalue weighted by Gasteiger charge is 2.31. The number of nitrogens with two attached hydrogens (primary N) is 1. The Hall–Kier alpha value is -0.860. The number of hydrogen-bond donors (Lipinski definition) is 1. The van der Waals surface area contributed by atoms with E-state index in [1.54, 1.807) is 0 Å². The molecule has 3 atom stereocenters. The highest BCUT2D eigenvalue weighted by atomic mass is 16.5. The Labute approximate surface area is 111 Å². The summed E-state index contributed by atoms with van der Waals surface area (Å²) < 4.78 is 5.74. The molecule has 0 spiro atoms. The molecule has 0 amide bonds. The van der Waals surface area contributed by atoms with Crippen LogP contribution in [0.25, 0.3) is 0 Å². The Morgan fingerprint density at radius 3 is 2.78 bits per heavy atom. The highest BCUT2D eigenvalue weighted by Crippen LogP contribution is 2.27. The first-order chi connectivity index (χ1) is 8.61. The van der Waals surface area contributed by atoms with Crippen molar-refractivity contribution in [1.29, 1.82) is 0 Å². The fourth-order valence-electron chi connectivity index (χ4n) is 2.93. The van der Waals surface area contributed by atoms with Crippen LogP contribution >= 0.6 is 0 Å². The van der Waals surface area contributed by atoms with E-state index in [4.69, 9.17) is 10.5 Å². The summed E-state index contributed by atoms with van der Waals surface area (Å²) in [6.07, 6.45) is 3.52. The molecule has 1 heterocycles. The lowest BCUT2D eigenvalue weighted by molar-refractivity contribution is 0.0814. The van der Waals surface area contributed by atoms with E-state index in [9.17, 15) is 0 Å². The summed E-state index contributed by atoms with van der Waals surface area (Å²) in [6.45, 7) is 7.38. The molecular weight excluding hydrogens is 222 g/mol. The monoisotopic (exact) mass is 247 g/mol. The molecule has 1 aromatic rings. The second-order valence-corrected chi connectivity index (χ2v) is 5.56. The van der Waals surface area contributed by atoms with Crippen molar-refractivity contribution in [2.24, 2.45) is 11.7 Å². The van der Waals surface area contributed by atoms with Gasteiger partial charge in [-0.15, -0.1) is 0 Å². The molecule has 18 heavy (non-hydrogen) atoms. The molecule has 1 saturated heterocycles. The molecule has 0 saturated carbocycles. The number of aryl methyl sites for hydroxylation is 2. The van der Waals surface area contributed by atoms with Crippen LogP contribution in [-0.2, 0) is 11.2 Å². The van der Waals surface area contributed by atoms with Gasteiger partial charge in [-0.25, -0.2) is 0 Å². The summed E-state index contributed by atoms with van der Waals surface area (Å²) >= 11 is 0. The number of hydrogen-bond acceptors (Lipinski definition) is 2. The Kier molecular flexibility index (Phi) is 4.41. The summed E-state index contributed by atoms with van der Waals surface area (Å²) in [4.78, 5) is 0. The van der Waals surface area contributed by atoms with Crippen LogP contribution in [0.5, 0.6) is 0 Å². The number of rotatable bonds is 4. The van der Waals surface area contributed by atoms with Crippen molar-refractivity contribution >= 4 is 0 Å². The lowest BCUT2D eigenvalue weighted by Gasteiger charge is -2.24. The van der Waals surface area contributed by atoms with Gasteiger partial charge in [-0.1, -0.05) is 25.1 Å². The molecule has 1 aromatic carbocycles. The summed E-state index contributed by atoms with van der Waals surface area (Å²) in [6, 6.07) is 6.89. The standard InChI is InChI=1S/C16H25NO/c1-4-16-14(7-8-18-16)15(17)10-13-6-5-11(2)12(3)9-13/h5-6,9,14-16H,4,7-8,10,17H2,1-3H3. The average molecular weight is 247 g/mol. The molecular formula is C16H25NO. The third-order valence-electron chi connectivity index (χ3n) is 4.26. The Balaban J connectivity index is 2.02. The van der Waals surface area contributed by atoms with Gasteiger partial charge in [0, 0.05) is 18.6 Å². The second-order valence-electron chi connectivity index (χ2n) is 5.56. The van der Waals surface area contributed by atoms with Gasteiger partial charge in [-0.3, -0.25) is 0 Å². The maximum atomic E-state index is 6.39. The Morgan fingerprint density at radius 2 is 2.11 bits per heavy atom. The zero-order chi connectivity index (χ0) is 13.1. The Bertz CT molecular complexity index is 402. The molecule has 100 valence electrons. The fourth-order valence-corrected chi connectivity index (χ4v) is 2.93. The lowest BCUT2D eigenvalue weighted by atomic mass is 9.87. The summed E-state index contributed by atoms with van der Waals surface area (Å²) in [7, 11) is 0. The van der Waals surface area contributed by atoms with Crippen molar-refractivity contribution < 1.29 is 4.74 Å². The second kappa shape index (κ2) is 5.85. The molecule has 1 aliphatic heterocycles. The van der Waals surface area contributed by atoms with Gasteiger partial charge in [0.2, 0.25) is 0 Å². The molecule has 0 aromatic heterocycles. The third-order valence-corrected chi connectivity index (χ3v) is 4.26. The van der Waals surface area contributed by atoms with E-state index in [2.05, 4.69) is 39.0 Å². The van der Waals surface area contributed by atoms with Crippen molar-refractivity contribution in [2.75, 3.05) is 6.61 Å². The SMILES string of the molecule is CCC1OCCC1C(N)Cc1ccc(C)c(C)c1. The van der Waals surface area contributed by atoms with Crippen LogP contribution in [0.1, 0.15) is 36.5 Å². The van der Waals surface area contributed by atoms with Crippen LogP contribution in [0.15, 0.2) is 18.2 Å². The largest absolute Gasteiger partial charge is 0.378 e. The van der Waals surface area contributed by atoms with Crippen LogP contribution in [-0.4, -0.2) is 18.8 Å². The molecule has 3 unspecified atom stereocenters. The van der Waals surface area contributed by atoms with Crippen molar-refractivity contribution in [2.45, 2.75) is 52.2 Å². The highest BCUT2D eigenvalue weighted by molar-refractivity contribution is 5.30. The van der Waals surface area contributed by atoms with E-state index in [-0.39, 0.29) is 6.04 Å². The van der Waals surface area contributed by atoms with Gasteiger partial charge >= 0.3 is 0 Å². The minimum atomic E-state index is 0.222. The van der Waals surface area contributed by atoms with E-state index in [0.29, 0.717) is 12.0 Å². The maximum absolute atomic E-state index is 6.39. The minimum absolute atomic E-state index is 0.222. The minimum Gasteiger partial charge on any atom is -0.378 e. The van der Waals surface area contributed by atoms with Crippen LogP contribution < -0.4 is 5.73 Å². The van der Waals surface area contributed by atoms with E-state index in [1.807, 2.05) is 0 Å². The fraction of sp³-hybridized carbons (Fsp3) is 0.625. The van der Waals surface area contributed by atoms with Gasteiger partial charge in [0.25, 0.3) is 0 Å². The van der Waals surface area contributed by atoms with Crippen molar-refractivity contribution in [3.05, 3.63) is 34.9 Å². The molecule has 0 bridgehead atoms. The average Bonchev–Trinajstić information content (AvgIpc) is 2.82. The van der Waals surface area contributed by atoms with Crippen molar-refractivity contribution in [3.8, 4) is 0 Å². The van der Waals surface area contributed by atoms with Gasteiger partial charge in [0.1, 0.15) is 0 Å². The molecule has 1 aliphatic rings. The van der Waals surface area contributed by atoms with Crippen LogP contribution in [0, 0.1) is 19.8 Å². The zero-order valence-electron chi connectivity index (χ0n) is 11.8. The van der Waals surface area contributed by atoms with E-state index >= 15 is 0 Å². The van der Waals surface area contributed by atoms with Gasteiger partial charge < -0.3 is 10.5 Å². The number of ether oxygens (including phenoxy) is 1. The van der Waals surface area contributed by atoms with Gasteiger partial charge in [-0.2, -0.15) is 0 Å². The number of benzene rings is 1. The predicted molar refractivity (Wildman–Crippen MR) is 75.7 cm³/mol. The predicted octanol–water partition coefficient (Wildman–Crippen LogP) is 2.99. The van der Waals surface area contributed by atoms with Crippen molar-refractivity contribution in [3.63, 3.8) is 0 Å². The summed E-state index contributed by atoms with van der Waals surface area (Å²) in [5.41, 5.74) is 10.4. The third kappa shape index (κ3) is 2.93. The van der Waals surface area contributed by atoms with E-state index in [0.717, 1.165) is 25.9 Å². The molecule has 2 N–H and O–H groups in total. The molecule has 2 heteroatoms. The Morgan fingerprint density at radius 1 is 1.33 bits per heavy atom. The van der Waals surface area contributed by atoms with Gasteiger partial charge in [-0.05, 0) is 49.8 Å². The van der Waals surface area contributed by atoms with Crippen LogP contribution in [0.4, 0.5) is 0 Å². The smallest absolute Gasteiger partial charge is 0.0616 e. The quantitative estimate of drug-likeness (QED) is 0.887.